The zero-order valence-corrected chi connectivity index (χ0v) is 11.2. The van der Waals surface area contributed by atoms with Crippen LogP contribution in [0.25, 0.3) is 0 Å². The van der Waals surface area contributed by atoms with Crippen molar-refractivity contribution in [3.63, 3.8) is 0 Å². The molecule has 0 heterocycles. The smallest absolute Gasteiger partial charge is 0.119 e. The van der Waals surface area contributed by atoms with Crippen LogP contribution in [0.3, 0.4) is 0 Å². The molecule has 0 N–H and O–H groups in total. The third kappa shape index (κ3) is 3.85. The first-order chi connectivity index (χ1) is 9.31. The molecule has 0 aliphatic carbocycles. The Kier molecular flexibility index (Phi) is 4.56. The molecule has 0 radical (unpaired) electrons. The summed E-state index contributed by atoms with van der Waals surface area (Å²) in [5.74, 6) is 1.69. The summed E-state index contributed by atoms with van der Waals surface area (Å²) in [5, 5.41) is 0. The Bertz CT molecular complexity index is 547. The van der Waals surface area contributed by atoms with E-state index in [0.717, 1.165) is 22.7 Å². The third-order valence-electron chi connectivity index (χ3n) is 2.60. The van der Waals surface area contributed by atoms with E-state index in [1.54, 1.807) is 7.11 Å². The Hall–Kier alpha value is -2.29. The van der Waals surface area contributed by atoms with Gasteiger partial charge in [0.05, 0.1) is 19.4 Å². The second kappa shape index (κ2) is 6.59. The van der Waals surface area contributed by atoms with Gasteiger partial charge in [0.2, 0.25) is 0 Å². The standard InChI is InChI=1S/C16H17NO2/c1-3-19-15-9-7-14(8-10-15)17-12-13-5-4-6-16(11-13)18-2/h4-12H,3H2,1-2H3. The number of rotatable bonds is 5. The summed E-state index contributed by atoms with van der Waals surface area (Å²) in [6, 6.07) is 15.5. The molecule has 19 heavy (non-hydrogen) atoms. The van der Waals surface area contributed by atoms with Gasteiger partial charge in [-0.15, -0.1) is 0 Å². The van der Waals surface area contributed by atoms with Gasteiger partial charge < -0.3 is 9.47 Å². The van der Waals surface area contributed by atoms with Crippen LogP contribution in [0.15, 0.2) is 53.5 Å². The van der Waals surface area contributed by atoms with E-state index in [1.165, 1.54) is 0 Å². The van der Waals surface area contributed by atoms with Gasteiger partial charge >= 0.3 is 0 Å². The molecule has 0 saturated heterocycles. The Morgan fingerprint density at radius 2 is 1.84 bits per heavy atom. The zero-order chi connectivity index (χ0) is 13.5. The van der Waals surface area contributed by atoms with Crippen LogP contribution >= 0.6 is 0 Å². The average Bonchev–Trinajstić information content (AvgIpc) is 2.47. The zero-order valence-electron chi connectivity index (χ0n) is 11.2. The minimum atomic E-state index is 0.673. The van der Waals surface area contributed by atoms with Crippen molar-refractivity contribution >= 4 is 11.9 Å². The van der Waals surface area contributed by atoms with Crippen LogP contribution in [0.4, 0.5) is 5.69 Å². The normalized spacial score (nSPS) is 10.6. The maximum absolute atomic E-state index is 5.39. The molecule has 0 saturated carbocycles. The number of benzene rings is 2. The Morgan fingerprint density at radius 3 is 2.53 bits per heavy atom. The van der Waals surface area contributed by atoms with E-state index in [-0.39, 0.29) is 0 Å². The quantitative estimate of drug-likeness (QED) is 0.760. The largest absolute Gasteiger partial charge is 0.497 e. The van der Waals surface area contributed by atoms with Crippen molar-refractivity contribution in [2.45, 2.75) is 6.92 Å². The average molecular weight is 255 g/mol. The lowest BCUT2D eigenvalue weighted by atomic mass is 10.2. The lowest BCUT2D eigenvalue weighted by Gasteiger charge is -2.02. The van der Waals surface area contributed by atoms with Gasteiger partial charge in [0, 0.05) is 6.21 Å². The molecule has 0 fully saturated rings. The van der Waals surface area contributed by atoms with Crippen LogP contribution < -0.4 is 9.47 Å². The molecule has 98 valence electrons. The molecular formula is C16H17NO2. The van der Waals surface area contributed by atoms with E-state index in [0.29, 0.717) is 6.61 Å². The molecule has 0 unspecified atom stereocenters. The number of aliphatic imine (C=N–C) groups is 1. The van der Waals surface area contributed by atoms with Crippen molar-refractivity contribution < 1.29 is 9.47 Å². The molecule has 0 aromatic heterocycles. The number of ether oxygens (including phenoxy) is 2. The highest BCUT2D eigenvalue weighted by atomic mass is 16.5. The third-order valence-corrected chi connectivity index (χ3v) is 2.60. The summed E-state index contributed by atoms with van der Waals surface area (Å²) in [5.41, 5.74) is 1.90. The minimum absolute atomic E-state index is 0.673. The van der Waals surface area contributed by atoms with Gasteiger partial charge in [-0.25, -0.2) is 0 Å². The SMILES string of the molecule is CCOc1ccc(N=Cc2cccc(OC)c2)cc1. The van der Waals surface area contributed by atoms with Gasteiger partial charge in [-0.2, -0.15) is 0 Å². The highest BCUT2D eigenvalue weighted by Gasteiger charge is 1.94. The fraction of sp³-hybridized carbons (Fsp3) is 0.188. The van der Waals surface area contributed by atoms with Gasteiger partial charge in [-0.1, -0.05) is 12.1 Å². The first kappa shape index (κ1) is 13.1. The second-order valence-electron chi connectivity index (χ2n) is 3.96. The summed E-state index contributed by atoms with van der Waals surface area (Å²) in [6.07, 6.45) is 1.82. The van der Waals surface area contributed by atoms with E-state index >= 15 is 0 Å². The fourth-order valence-electron chi connectivity index (χ4n) is 1.67. The van der Waals surface area contributed by atoms with Crippen LogP contribution in [-0.2, 0) is 0 Å². The van der Waals surface area contributed by atoms with Crippen LogP contribution in [0.5, 0.6) is 11.5 Å². The van der Waals surface area contributed by atoms with Crippen LogP contribution in [0, 0.1) is 0 Å². The molecule has 3 heteroatoms. The summed E-state index contributed by atoms with van der Waals surface area (Å²) in [7, 11) is 1.66. The van der Waals surface area contributed by atoms with Gasteiger partial charge in [-0.05, 0) is 48.9 Å². The van der Waals surface area contributed by atoms with Crippen molar-refractivity contribution in [2.24, 2.45) is 4.99 Å². The second-order valence-corrected chi connectivity index (χ2v) is 3.96. The van der Waals surface area contributed by atoms with Crippen LogP contribution in [-0.4, -0.2) is 19.9 Å². The maximum Gasteiger partial charge on any atom is 0.119 e. The molecule has 3 nitrogen and oxygen atoms in total. The predicted octanol–water partition coefficient (Wildman–Crippen LogP) is 3.84. The van der Waals surface area contributed by atoms with Crippen molar-refractivity contribution in [1.82, 2.24) is 0 Å². The summed E-state index contributed by atoms with van der Waals surface area (Å²) >= 11 is 0. The molecule has 2 aromatic rings. The van der Waals surface area contributed by atoms with Gasteiger partial charge in [0.15, 0.2) is 0 Å². The van der Waals surface area contributed by atoms with Crippen LogP contribution in [0.2, 0.25) is 0 Å². The molecule has 0 aliphatic rings. The summed E-state index contributed by atoms with van der Waals surface area (Å²) < 4.78 is 10.6. The number of nitrogens with zero attached hydrogens (tertiary/aromatic N) is 1. The van der Waals surface area contributed by atoms with E-state index in [9.17, 15) is 0 Å². The van der Waals surface area contributed by atoms with E-state index < -0.39 is 0 Å². The first-order valence-corrected chi connectivity index (χ1v) is 6.23. The summed E-state index contributed by atoms with van der Waals surface area (Å²) in [6.45, 7) is 2.64. The topological polar surface area (TPSA) is 30.8 Å². The lowest BCUT2D eigenvalue weighted by Crippen LogP contribution is -1.89. The number of methoxy groups -OCH3 is 1. The number of hydrogen-bond donors (Lipinski definition) is 0. The van der Waals surface area contributed by atoms with Crippen molar-refractivity contribution in [3.8, 4) is 11.5 Å². The molecule has 0 aliphatic heterocycles. The predicted molar refractivity (Wildman–Crippen MR) is 77.9 cm³/mol. The monoisotopic (exact) mass is 255 g/mol. The maximum atomic E-state index is 5.39. The Balaban J connectivity index is 2.08. The molecular weight excluding hydrogens is 238 g/mol. The molecule has 2 rings (SSSR count). The molecule has 0 amide bonds. The van der Waals surface area contributed by atoms with Gasteiger partial charge in [-0.3, -0.25) is 4.99 Å². The van der Waals surface area contributed by atoms with Gasteiger partial charge in [0.25, 0.3) is 0 Å². The highest BCUT2D eigenvalue weighted by Crippen LogP contribution is 2.18. The van der Waals surface area contributed by atoms with Crippen molar-refractivity contribution in [2.75, 3.05) is 13.7 Å². The molecule has 0 bridgehead atoms. The minimum Gasteiger partial charge on any atom is -0.497 e. The molecule has 2 aromatic carbocycles. The fourth-order valence-corrected chi connectivity index (χ4v) is 1.67. The summed E-state index contributed by atoms with van der Waals surface area (Å²) in [4.78, 5) is 4.42. The van der Waals surface area contributed by atoms with Crippen molar-refractivity contribution in [1.29, 1.82) is 0 Å². The Morgan fingerprint density at radius 1 is 1.05 bits per heavy atom. The first-order valence-electron chi connectivity index (χ1n) is 6.23. The lowest BCUT2D eigenvalue weighted by molar-refractivity contribution is 0.340. The number of hydrogen-bond acceptors (Lipinski definition) is 3. The molecule has 0 atom stereocenters. The van der Waals surface area contributed by atoms with E-state index in [4.69, 9.17) is 9.47 Å². The van der Waals surface area contributed by atoms with Crippen molar-refractivity contribution in [3.05, 3.63) is 54.1 Å². The van der Waals surface area contributed by atoms with E-state index in [2.05, 4.69) is 4.99 Å². The highest BCUT2D eigenvalue weighted by molar-refractivity contribution is 5.82. The van der Waals surface area contributed by atoms with Crippen LogP contribution in [0.1, 0.15) is 12.5 Å². The van der Waals surface area contributed by atoms with Gasteiger partial charge in [0.1, 0.15) is 11.5 Å². The molecule has 0 spiro atoms. The Labute approximate surface area is 113 Å². The van der Waals surface area contributed by atoms with E-state index in [1.807, 2.05) is 61.7 Å².